The lowest BCUT2D eigenvalue weighted by atomic mass is 9.84. The van der Waals surface area contributed by atoms with Crippen LogP contribution in [0.1, 0.15) is 57.7 Å². The van der Waals surface area contributed by atoms with Gasteiger partial charge in [0.25, 0.3) is 0 Å². The Kier molecular flexibility index (Phi) is 5.42. The second-order valence-corrected chi connectivity index (χ2v) is 6.56. The zero-order valence-corrected chi connectivity index (χ0v) is 13.3. The van der Waals surface area contributed by atoms with Crippen LogP contribution in [-0.4, -0.2) is 12.6 Å². The van der Waals surface area contributed by atoms with Gasteiger partial charge >= 0.3 is 0 Å². The quantitative estimate of drug-likeness (QED) is 0.872. The van der Waals surface area contributed by atoms with E-state index < -0.39 is 0 Å². The average Bonchev–Trinajstić information content (AvgIpc) is 2.25. The van der Waals surface area contributed by atoms with E-state index in [1.54, 1.807) is 0 Å². The predicted octanol–water partition coefficient (Wildman–Crippen LogP) is 3.97. The largest absolute Gasteiger partial charge is 0.493 e. The molecular weight excluding hydrogens is 234 g/mol. The Morgan fingerprint density at radius 1 is 1.26 bits per heavy atom. The first kappa shape index (κ1) is 16.0. The van der Waals surface area contributed by atoms with Gasteiger partial charge in [0, 0.05) is 6.04 Å². The lowest BCUT2D eigenvalue weighted by Crippen LogP contribution is -2.20. The van der Waals surface area contributed by atoms with Crippen LogP contribution in [0, 0.1) is 6.92 Å². The highest BCUT2D eigenvalue weighted by atomic mass is 16.5. The van der Waals surface area contributed by atoms with Crippen molar-refractivity contribution in [3.63, 3.8) is 0 Å². The molecule has 2 heteroatoms. The lowest BCUT2D eigenvalue weighted by molar-refractivity contribution is 0.311. The topological polar surface area (TPSA) is 35.2 Å². The summed E-state index contributed by atoms with van der Waals surface area (Å²) in [6, 6.07) is 4.66. The van der Waals surface area contributed by atoms with Crippen LogP contribution in [0.3, 0.4) is 0 Å². The maximum absolute atomic E-state index is 5.98. The molecule has 0 saturated heterocycles. The van der Waals surface area contributed by atoms with E-state index >= 15 is 0 Å². The molecular formula is C17H29NO. The van der Waals surface area contributed by atoms with Crippen LogP contribution in [0.25, 0.3) is 0 Å². The minimum atomic E-state index is 0.151. The van der Waals surface area contributed by atoms with Crippen molar-refractivity contribution in [2.75, 3.05) is 6.61 Å². The Morgan fingerprint density at radius 2 is 1.89 bits per heavy atom. The highest BCUT2D eigenvalue weighted by molar-refractivity contribution is 5.46. The number of ether oxygens (including phenoxy) is 1. The smallest absolute Gasteiger partial charge is 0.125 e. The van der Waals surface area contributed by atoms with Gasteiger partial charge in [-0.3, -0.25) is 0 Å². The van der Waals surface area contributed by atoms with E-state index in [2.05, 4.69) is 46.8 Å². The molecule has 1 rings (SSSR count). The highest BCUT2D eigenvalue weighted by Crippen LogP contribution is 2.32. The number of hydrogen-bond donors (Lipinski definition) is 1. The first-order valence-corrected chi connectivity index (χ1v) is 7.28. The minimum absolute atomic E-state index is 0.151. The fourth-order valence-electron chi connectivity index (χ4n) is 2.19. The molecule has 0 aliphatic rings. The minimum Gasteiger partial charge on any atom is -0.493 e. The van der Waals surface area contributed by atoms with Crippen molar-refractivity contribution in [1.29, 1.82) is 0 Å². The molecule has 0 aromatic heterocycles. The van der Waals surface area contributed by atoms with Crippen LogP contribution in [0.4, 0.5) is 0 Å². The van der Waals surface area contributed by atoms with Gasteiger partial charge in [-0.15, -0.1) is 0 Å². The van der Waals surface area contributed by atoms with Gasteiger partial charge in [-0.25, -0.2) is 0 Å². The molecule has 2 N–H and O–H groups in total. The van der Waals surface area contributed by atoms with Gasteiger partial charge in [-0.1, -0.05) is 39.8 Å². The van der Waals surface area contributed by atoms with E-state index in [-0.39, 0.29) is 11.5 Å². The SMILES string of the molecule is CCCOc1c(C)cc(C(C)(C)C)cc1CC(C)N. The molecule has 0 bridgehead atoms. The summed E-state index contributed by atoms with van der Waals surface area (Å²) in [5, 5.41) is 0. The molecule has 19 heavy (non-hydrogen) atoms. The molecule has 1 unspecified atom stereocenters. The molecule has 0 saturated carbocycles. The van der Waals surface area contributed by atoms with E-state index in [1.807, 2.05) is 6.92 Å². The van der Waals surface area contributed by atoms with Gasteiger partial charge in [0.05, 0.1) is 6.61 Å². The summed E-state index contributed by atoms with van der Waals surface area (Å²) < 4.78 is 5.93. The fourth-order valence-corrected chi connectivity index (χ4v) is 2.19. The zero-order chi connectivity index (χ0) is 14.6. The van der Waals surface area contributed by atoms with Gasteiger partial charge in [0.2, 0.25) is 0 Å². The van der Waals surface area contributed by atoms with Gasteiger partial charge in [0.15, 0.2) is 0 Å². The van der Waals surface area contributed by atoms with E-state index in [9.17, 15) is 0 Å². The normalized spacial score (nSPS) is 13.4. The summed E-state index contributed by atoms with van der Waals surface area (Å²) in [6.07, 6.45) is 1.89. The third-order valence-corrected chi connectivity index (χ3v) is 3.21. The maximum atomic E-state index is 5.98. The predicted molar refractivity (Wildman–Crippen MR) is 83.0 cm³/mol. The first-order valence-electron chi connectivity index (χ1n) is 7.28. The first-order chi connectivity index (χ1) is 8.75. The van der Waals surface area contributed by atoms with Crippen LogP contribution in [0.2, 0.25) is 0 Å². The van der Waals surface area contributed by atoms with Crippen molar-refractivity contribution in [1.82, 2.24) is 0 Å². The third-order valence-electron chi connectivity index (χ3n) is 3.21. The highest BCUT2D eigenvalue weighted by Gasteiger charge is 2.18. The van der Waals surface area contributed by atoms with E-state index in [4.69, 9.17) is 10.5 Å². The van der Waals surface area contributed by atoms with Crippen molar-refractivity contribution in [3.05, 3.63) is 28.8 Å². The molecule has 1 aromatic carbocycles. The lowest BCUT2D eigenvalue weighted by Gasteiger charge is -2.24. The Morgan fingerprint density at radius 3 is 2.37 bits per heavy atom. The monoisotopic (exact) mass is 263 g/mol. The molecule has 0 aliphatic carbocycles. The van der Waals surface area contributed by atoms with Crippen LogP contribution in [0.15, 0.2) is 12.1 Å². The van der Waals surface area contributed by atoms with Gasteiger partial charge < -0.3 is 10.5 Å². The maximum Gasteiger partial charge on any atom is 0.125 e. The van der Waals surface area contributed by atoms with Crippen molar-refractivity contribution in [2.45, 2.75) is 65.8 Å². The third kappa shape index (κ3) is 4.54. The van der Waals surface area contributed by atoms with Gasteiger partial charge in [-0.05, 0) is 48.8 Å². The summed E-state index contributed by atoms with van der Waals surface area (Å²) in [7, 11) is 0. The average molecular weight is 263 g/mol. The Hall–Kier alpha value is -1.02. The number of hydrogen-bond acceptors (Lipinski definition) is 2. The molecule has 0 fully saturated rings. The number of aryl methyl sites for hydroxylation is 1. The summed E-state index contributed by atoms with van der Waals surface area (Å²) in [4.78, 5) is 0. The van der Waals surface area contributed by atoms with Crippen molar-refractivity contribution in [3.8, 4) is 5.75 Å². The van der Waals surface area contributed by atoms with Crippen LogP contribution in [0.5, 0.6) is 5.75 Å². The summed E-state index contributed by atoms with van der Waals surface area (Å²) >= 11 is 0. The van der Waals surface area contributed by atoms with Crippen LogP contribution >= 0.6 is 0 Å². The van der Waals surface area contributed by atoms with E-state index in [0.717, 1.165) is 25.2 Å². The molecule has 0 heterocycles. The van der Waals surface area contributed by atoms with E-state index in [0.29, 0.717) is 0 Å². The fraction of sp³-hybridized carbons (Fsp3) is 0.647. The number of rotatable bonds is 5. The van der Waals surface area contributed by atoms with Crippen LogP contribution < -0.4 is 10.5 Å². The molecule has 108 valence electrons. The zero-order valence-electron chi connectivity index (χ0n) is 13.3. The molecule has 1 aromatic rings. The number of nitrogens with two attached hydrogens (primary N) is 1. The summed E-state index contributed by atoms with van der Waals surface area (Å²) in [5.74, 6) is 1.03. The molecule has 0 aliphatic heterocycles. The molecule has 0 spiro atoms. The second kappa shape index (κ2) is 6.42. The summed E-state index contributed by atoms with van der Waals surface area (Å²) in [5.41, 5.74) is 9.94. The molecule has 1 atom stereocenters. The van der Waals surface area contributed by atoms with Crippen molar-refractivity contribution >= 4 is 0 Å². The van der Waals surface area contributed by atoms with E-state index in [1.165, 1.54) is 16.7 Å². The second-order valence-electron chi connectivity index (χ2n) is 6.56. The Bertz CT molecular complexity index is 416. The Balaban J connectivity index is 3.22. The Labute approximate surface area is 118 Å². The molecule has 2 nitrogen and oxygen atoms in total. The molecule has 0 radical (unpaired) electrons. The van der Waals surface area contributed by atoms with Crippen LogP contribution in [-0.2, 0) is 11.8 Å². The standard InChI is InChI=1S/C17H29NO/c1-7-8-19-16-12(2)9-15(17(4,5)6)11-14(16)10-13(3)18/h9,11,13H,7-8,10,18H2,1-6H3. The summed E-state index contributed by atoms with van der Waals surface area (Å²) in [6.45, 7) is 13.8. The van der Waals surface area contributed by atoms with Crippen molar-refractivity contribution < 1.29 is 4.74 Å². The van der Waals surface area contributed by atoms with Gasteiger partial charge in [-0.2, -0.15) is 0 Å². The van der Waals surface area contributed by atoms with Gasteiger partial charge in [0.1, 0.15) is 5.75 Å². The number of benzene rings is 1. The molecule has 0 amide bonds. The van der Waals surface area contributed by atoms with Crippen molar-refractivity contribution in [2.24, 2.45) is 5.73 Å².